The van der Waals surface area contributed by atoms with Gasteiger partial charge in [0.2, 0.25) is 0 Å². The molecule has 3 aromatic rings. The van der Waals surface area contributed by atoms with E-state index >= 15 is 0 Å². The molecule has 0 unspecified atom stereocenters. The highest BCUT2D eigenvalue weighted by molar-refractivity contribution is 7.98. The van der Waals surface area contributed by atoms with Crippen LogP contribution in [0.1, 0.15) is 35.8 Å². The van der Waals surface area contributed by atoms with Gasteiger partial charge < -0.3 is 4.74 Å². The molecule has 0 amide bonds. The molecule has 31 heavy (non-hydrogen) atoms. The van der Waals surface area contributed by atoms with Crippen LogP contribution < -0.4 is 0 Å². The third kappa shape index (κ3) is 3.93. The summed E-state index contributed by atoms with van der Waals surface area (Å²) >= 11 is 1.41. The number of nitrogens with zero attached hydrogens (tertiary/aromatic N) is 5. The number of nitro groups is 1. The van der Waals surface area contributed by atoms with Crippen LogP contribution in [0.3, 0.4) is 0 Å². The molecule has 4 rings (SSSR count). The highest BCUT2D eigenvalue weighted by atomic mass is 32.2. The minimum atomic E-state index is -0.478. The lowest BCUT2D eigenvalue weighted by Crippen LogP contribution is -2.09. The van der Waals surface area contributed by atoms with E-state index in [4.69, 9.17) is 9.73 Å². The second-order valence-electron chi connectivity index (χ2n) is 6.81. The molecule has 158 valence electrons. The summed E-state index contributed by atoms with van der Waals surface area (Å²) in [6, 6.07) is 13.7. The number of thioether (sulfide) groups is 1. The zero-order valence-electron chi connectivity index (χ0n) is 16.9. The number of hydrogen-bond donors (Lipinski definition) is 0. The molecule has 0 spiro atoms. The summed E-state index contributed by atoms with van der Waals surface area (Å²) in [5.74, 6) is 0.235. The van der Waals surface area contributed by atoms with Gasteiger partial charge in [-0.15, -0.1) is 10.2 Å². The topological polar surface area (TPSA) is 113 Å². The number of nitro benzene ring substituents is 1. The van der Waals surface area contributed by atoms with Crippen molar-refractivity contribution in [3.05, 3.63) is 75.6 Å². The predicted molar refractivity (Wildman–Crippen MR) is 116 cm³/mol. The number of esters is 1. The van der Waals surface area contributed by atoms with Crippen molar-refractivity contribution in [2.75, 3.05) is 13.4 Å². The average Bonchev–Trinajstić information content (AvgIpc) is 3.17. The summed E-state index contributed by atoms with van der Waals surface area (Å²) in [5.41, 5.74) is 2.70. The molecule has 1 aliphatic rings. The quantitative estimate of drug-likeness (QED) is 0.250. The number of hydrogen-bond acceptors (Lipinski definition) is 8. The molecule has 0 saturated carbocycles. The summed E-state index contributed by atoms with van der Waals surface area (Å²) in [7, 11) is 1.34. The number of carbonyl (C=O) groups is 1. The Morgan fingerprint density at radius 3 is 2.68 bits per heavy atom. The number of aliphatic imine (C=N–C) groups is 1. The van der Waals surface area contributed by atoms with Crippen LogP contribution in [0.25, 0.3) is 5.69 Å². The van der Waals surface area contributed by atoms with Crippen molar-refractivity contribution < 1.29 is 14.5 Å². The van der Waals surface area contributed by atoms with Gasteiger partial charge in [0.05, 0.1) is 23.4 Å². The van der Waals surface area contributed by atoms with Crippen LogP contribution in [0.2, 0.25) is 0 Å². The van der Waals surface area contributed by atoms with Gasteiger partial charge in [-0.3, -0.25) is 24.5 Å². The van der Waals surface area contributed by atoms with Gasteiger partial charge in [0, 0.05) is 29.7 Å². The largest absolute Gasteiger partial charge is 0.469 e. The number of ether oxygens (including phenoxy) is 1. The minimum Gasteiger partial charge on any atom is -0.469 e. The van der Waals surface area contributed by atoms with Crippen LogP contribution in [-0.4, -0.2) is 44.7 Å². The molecule has 2 aromatic carbocycles. The summed E-state index contributed by atoms with van der Waals surface area (Å²) in [4.78, 5) is 27.8. The second-order valence-corrected chi connectivity index (χ2v) is 7.59. The van der Waals surface area contributed by atoms with E-state index in [9.17, 15) is 14.9 Å². The molecule has 1 aromatic heterocycles. The monoisotopic (exact) mass is 437 g/mol. The van der Waals surface area contributed by atoms with E-state index in [0.717, 1.165) is 5.56 Å². The standard InChI is InChI=1S/C21H19N5O4S/c1-30-18(27)11-9-16-20-23-24-21(31-2)25(20)17-10-8-14(26(28)29)12-15(17)19(22-16)13-6-4-3-5-7-13/h3-8,10,12,16H,9,11H2,1-2H3/t16-/m0/s1. The summed E-state index contributed by atoms with van der Waals surface area (Å²) in [5, 5.41) is 20.7. The number of benzene rings is 2. The maximum absolute atomic E-state index is 11.8. The third-order valence-corrected chi connectivity index (χ3v) is 5.64. The number of carbonyl (C=O) groups excluding carboxylic acids is 1. The first-order valence-electron chi connectivity index (χ1n) is 9.52. The normalized spacial score (nSPS) is 14.8. The van der Waals surface area contributed by atoms with Gasteiger partial charge in [-0.1, -0.05) is 42.1 Å². The Morgan fingerprint density at radius 2 is 2.00 bits per heavy atom. The molecular formula is C21H19N5O4S. The zero-order valence-corrected chi connectivity index (χ0v) is 17.7. The lowest BCUT2D eigenvalue weighted by atomic mass is 9.99. The molecule has 0 bridgehead atoms. The van der Waals surface area contributed by atoms with Gasteiger partial charge in [-0.2, -0.15) is 0 Å². The van der Waals surface area contributed by atoms with E-state index in [2.05, 4.69) is 10.2 Å². The molecule has 2 heterocycles. The van der Waals surface area contributed by atoms with Crippen molar-refractivity contribution in [1.29, 1.82) is 0 Å². The van der Waals surface area contributed by atoms with E-state index < -0.39 is 11.0 Å². The Hall–Kier alpha value is -3.53. The van der Waals surface area contributed by atoms with Crippen LogP contribution in [0.4, 0.5) is 5.69 Å². The molecule has 10 heteroatoms. The smallest absolute Gasteiger partial charge is 0.305 e. The fraction of sp³-hybridized carbons (Fsp3) is 0.238. The molecule has 0 fully saturated rings. The van der Waals surface area contributed by atoms with Crippen LogP contribution in [-0.2, 0) is 9.53 Å². The van der Waals surface area contributed by atoms with Crippen molar-refractivity contribution in [2.24, 2.45) is 4.99 Å². The van der Waals surface area contributed by atoms with E-state index in [1.807, 2.05) is 41.2 Å². The second kappa shape index (κ2) is 8.68. The summed E-state index contributed by atoms with van der Waals surface area (Å²) in [6.45, 7) is 0. The van der Waals surface area contributed by atoms with E-state index in [1.54, 1.807) is 6.07 Å². The number of methoxy groups -OCH3 is 1. The third-order valence-electron chi connectivity index (χ3n) is 5.01. The Morgan fingerprint density at radius 1 is 1.23 bits per heavy atom. The maximum atomic E-state index is 11.8. The lowest BCUT2D eigenvalue weighted by Gasteiger charge is -2.13. The fourth-order valence-corrected chi connectivity index (χ4v) is 4.03. The first-order chi connectivity index (χ1) is 15.0. The number of aromatic nitrogens is 3. The zero-order chi connectivity index (χ0) is 22.0. The highest BCUT2D eigenvalue weighted by Crippen LogP contribution is 2.36. The maximum Gasteiger partial charge on any atom is 0.305 e. The number of rotatable bonds is 6. The van der Waals surface area contributed by atoms with Crippen LogP contribution >= 0.6 is 11.8 Å². The van der Waals surface area contributed by atoms with Gasteiger partial charge in [-0.05, 0) is 18.7 Å². The van der Waals surface area contributed by atoms with Crippen molar-refractivity contribution >= 4 is 29.1 Å². The van der Waals surface area contributed by atoms with Crippen molar-refractivity contribution in [3.63, 3.8) is 0 Å². The van der Waals surface area contributed by atoms with E-state index in [1.165, 1.54) is 31.0 Å². The Balaban J connectivity index is 1.97. The van der Waals surface area contributed by atoms with Crippen LogP contribution in [0.5, 0.6) is 0 Å². The Kier molecular flexibility index (Phi) is 5.81. The molecule has 0 saturated heterocycles. The average molecular weight is 437 g/mol. The van der Waals surface area contributed by atoms with Crippen LogP contribution in [0, 0.1) is 10.1 Å². The number of fused-ring (bicyclic) bond motifs is 3. The summed E-state index contributed by atoms with van der Waals surface area (Å²) < 4.78 is 6.66. The van der Waals surface area contributed by atoms with Gasteiger partial charge in [0.15, 0.2) is 11.0 Å². The molecular weight excluding hydrogens is 418 g/mol. The van der Waals surface area contributed by atoms with Crippen molar-refractivity contribution in [1.82, 2.24) is 14.8 Å². The summed E-state index contributed by atoms with van der Waals surface area (Å²) in [6.07, 6.45) is 2.41. The molecule has 0 N–H and O–H groups in total. The highest BCUT2D eigenvalue weighted by Gasteiger charge is 2.30. The molecule has 1 aliphatic heterocycles. The predicted octanol–water partition coefficient (Wildman–Crippen LogP) is 3.74. The van der Waals surface area contributed by atoms with Crippen LogP contribution in [0.15, 0.2) is 58.7 Å². The van der Waals surface area contributed by atoms with Gasteiger partial charge >= 0.3 is 5.97 Å². The molecule has 0 aliphatic carbocycles. The van der Waals surface area contributed by atoms with E-state index in [0.29, 0.717) is 34.4 Å². The fourth-order valence-electron chi connectivity index (χ4n) is 3.54. The first-order valence-corrected chi connectivity index (χ1v) is 10.7. The SMILES string of the molecule is COC(=O)CC[C@@H]1N=C(c2ccccc2)c2cc([N+](=O)[O-])ccc2-n2c(SC)nnc21. The van der Waals surface area contributed by atoms with Crippen molar-refractivity contribution in [2.45, 2.75) is 24.0 Å². The Labute approximate surface area is 182 Å². The van der Waals surface area contributed by atoms with E-state index in [-0.39, 0.29) is 18.1 Å². The molecule has 0 radical (unpaired) electrons. The molecule has 9 nitrogen and oxygen atoms in total. The van der Waals surface area contributed by atoms with Crippen molar-refractivity contribution in [3.8, 4) is 5.69 Å². The molecule has 1 atom stereocenters. The van der Waals surface area contributed by atoms with Gasteiger partial charge in [0.25, 0.3) is 5.69 Å². The Bertz CT molecular complexity index is 1180. The lowest BCUT2D eigenvalue weighted by molar-refractivity contribution is -0.384. The van der Waals surface area contributed by atoms with Gasteiger partial charge in [0.1, 0.15) is 6.04 Å². The number of non-ortho nitro benzene ring substituents is 1. The minimum absolute atomic E-state index is 0.0317. The van der Waals surface area contributed by atoms with Gasteiger partial charge in [-0.25, -0.2) is 0 Å². The first kappa shape index (κ1) is 20.7.